The fraction of sp³-hybridized carbons (Fsp3) is 0.900. The third-order valence-electron chi connectivity index (χ3n) is 4.43. The summed E-state index contributed by atoms with van der Waals surface area (Å²) in [6.45, 7) is 4.58. The number of aliphatic carboxylic acids is 2. The van der Waals surface area contributed by atoms with Gasteiger partial charge in [0.1, 0.15) is 5.25 Å². The summed E-state index contributed by atoms with van der Waals surface area (Å²) in [6, 6.07) is 0. The number of rotatable bonds is 17. The summed E-state index contributed by atoms with van der Waals surface area (Å²) in [5.74, 6) is -4.08. The smallest absolute Gasteiger partial charge is 0.550 e. The number of carboxylic acids is 2. The Kier molecular flexibility index (Phi) is 33.2. The second-order valence-electron chi connectivity index (χ2n) is 7.14. The number of carboxylic acid groups (broad SMARTS) is 2. The van der Waals surface area contributed by atoms with Gasteiger partial charge in [0.05, 0.1) is 5.97 Å². The topological polar surface area (TPSA) is 135 Å². The number of carbonyl (C=O) groups is 2. The van der Waals surface area contributed by atoms with Crippen LogP contribution in [0.4, 0.5) is 0 Å². The van der Waals surface area contributed by atoms with Gasteiger partial charge in [0, 0.05) is 12.4 Å². The average Bonchev–Trinajstić information content (AvgIpc) is 2.60. The maximum absolute atomic E-state index is 10.2. The molecule has 7 nitrogen and oxygen atoms in total. The van der Waals surface area contributed by atoms with Crippen LogP contribution >= 0.6 is 0 Å². The summed E-state index contributed by atoms with van der Waals surface area (Å²) in [7, 11) is -4.94. The van der Waals surface area contributed by atoms with Crippen LogP contribution in [0, 0.1) is 0 Å². The minimum atomic E-state index is -4.94. The van der Waals surface area contributed by atoms with E-state index in [9.17, 15) is 28.2 Å². The monoisotopic (exact) mass is 468 g/mol. The van der Waals surface area contributed by atoms with Crippen LogP contribution in [0.15, 0.2) is 0 Å². The molecule has 0 fully saturated rings. The van der Waals surface area contributed by atoms with E-state index in [1.54, 1.807) is 0 Å². The summed E-state index contributed by atoms with van der Waals surface area (Å²) < 4.78 is 28.5. The Morgan fingerprint density at radius 1 is 0.700 bits per heavy atom. The molecule has 0 saturated carbocycles. The molecule has 0 saturated heterocycles. The van der Waals surface area contributed by atoms with E-state index in [1.165, 1.54) is 89.9 Å². The Bertz CT molecular complexity index is 485. The SMILES string of the molecule is CCCCCCCCCCCCCCCC.O=C([O-])CC(C(=O)[O-])S(=O)(=O)O.[Na+].[Na+]. The molecule has 0 rings (SSSR count). The van der Waals surface area contributed by atoms with Crippen molar-refractivity contribution in [1.29, 1.82) is 0 Å². The third kappa shape index (κ3) is 28.9. The molecule has 10 heteroatoms. The van der Waals surface area contributed by atoms with Crippen LogP contribution in [-0.2, 0) is 19.7 Å². The van der Waals surface area contributed by atoms with E-state index >= 15 is 0 Å². The van der Waals surface area contributed by atoms with Crippen molar-refractivity contribution in [3.8, 4) is 0 Å². The largest absolute Gasteiger partial charge is 1.00 e. The summed E-state index contributed by atoms with van der Waals surface area (Å²) in [5.41, 5.74) is 0. The van der Waals surface area contributed by atoms with Crippen LogP contribution in [0.5, 0.6) is 0 Å². The van der Waals surface area contributed by atoms with Gasteiger partial charge in [-0.3, -0.25) is 4.55 Å². The van der Waals surface area contributed by atoms with Crippen molar-refractivity contribution in [2.45, 2.75) is 115 Å². The molecule has 0 aliphatic carbocycles. The number of hydrogen-bond donors (Lipinski definition) is 1. The molecule has 1 atom stereocenters. The Balaban J connectivity index is -0.000000219. The summed E-state index contributed by atoms with van der Waals surface area (Å²) >= 11 is 0. The van der Waals surface area contributed by atoms with Gasteiger partial charge < -0.3 is 19.8 Å². The van der Waals surface area contributed by atoms with Crippen molar-refractivity contribution in [3.63, 3.8) is 0 Å². The van der Waals surface area contributed by atoms with E-state index in [4.69, 9.17) is 4.55 Å². The third-order valence-corrected chi connectivity index (χ3v) is 5.51. The van der Waals surface area contributed by atoms with E-state index < -0.39 is 33.7 Å². The fourth-order valence-electron chi connectivity index (χ4n) is 2.73. The van der Waals surface area contributed by atoms with Crippen LogP contribution < -0.4 is 69.3 Å². The van der Waals surface area contributed by atoms with Crippen molar-refractivity contribution >= 4 is 22.1 Å². The second-order valence-corrected chi connectivity index (χ2v) is 8.74. The predicted molar refractivity (Wildman–Crippen MR) is 106 cm³/mol. The van der Waals surface area contributed by atoms with Crippen LogP contribution in [0.25, 0.3) is 0 Å². The van der Waals surface area contributed by atoms with Crippen LogP contribution in [0.3, 0.4) is 0 Å². The van der Waals surface area contributed by atoms with Crippen molar-refractivity contribution in [3.05, 3.63) is 0 Å². The van der Waals surface area contributed by atoms with Gasteiger partial charge in [-0.2, -0.15) is 8.42 Å². The molecule has 0 heterocycles. The Hall–Kier alpha value is 0.850. The summed E-state index contributed by atoms with van der Waals surface area (Å²) in [6.07, 6.45) is 19.1. The van der Waals surface area contributed by atoms with Crippen molar-refractivity contribution in [1.82, 2.24) is 0 Å². The minimum absolute atomic E-state index is 0. The average molecular weight is 469 g/mol. The summed E-state index contributed by atoms with van der Waals surface area (Å²) in [5, 5.41) is 17.3. The van der Waals surface area contributed by atoms with E-state index in [0.29, 0.717) is 0 Å². The molecular weight excluding hydrogens is 430 g/mol. The van der Waals surface area contributed by atoms with Gasteiger partial charge in [-0.25, -0.2) is 0 Å². The van der Waals surface area contributed by atoms with E-state index in [0.717, 1.165) is 0 Å². The predicted octanol–water partition coefficient (Wildman–Crippen LogP) is -3.37. The number of carbonyl (C=O) groups excluding carboxylic acids is 2. The standard InChI is InChI=1S/C16H34.C4H6O7S.2Na/c1-3-5-7-9-11-13-15-16-14-12-10-8-6-4-2;5-3(6)1-2(4(7)8)12(9,10)11;;/h3-16H2,1-2H3;2H,1H2,(H,5,6)(H,7,8)(H,9,10,11);;/q;;2*+1/p-2. The first-order valence-electron chi connectivity index (χ1n) is 10.5. The van der Waals surface area contributed by atoms with E-state index in [-0.39, 0.29) is 59.1 Å². The first-order valence-corrected chi connectivity index (χ1v) is 12.0. The summed E-state index contributed by atoms with van der Waals surface area (Å²) in [4.78, 5) is 19.7. The molecule has 1 N–H and O–H groups in total. The second kappa shape index (κ2) is 26.1. The molecule has 0 amide bonds. The Morgan fingerprint density at radius 3 is 1.10 bits per heavy atom. The van der Waals surface area contributed by atoms with Crippen molar-refractivity contribution < 1.29 is 91.9 Å². The molecule has 0 aliphatic rings. The molecule has 30 heavy (non-hydrogen) atoms. The molecule has 0 radical (unpaired) electrons. The zero-order valence-corrected chi connectivity index (χ0v) is 24.3. The van der Waals surface area contributed by atoms with E-state index in [2.05, 4.69) is 13.8 Å². The Morgan fingerprint density at radius 2 is 0.967 bits per heavy atom. The molecule has 0 aromatic carbocycles. The minimum Gasteiger partial charge on any atom is -0.550 e. The van der Waals surface area contributed by atoms with Gasteiger partial charge in [-0.05, 0) is 0 Å². The Labute approximate surface area is 227 Å². The van der Waals surface area contributed by atoms with Crippen LogP contribution in [0.2, 0.25) is 0 Å². The molecule has 0 aromatic rings. The maximum Gasteiger partial charge on any atom is 1.00 e. The molecule has 0 aromatic heterocycles. The molecule has 168 valence electrons. The van der Waals surface area contributed by atoms with Crippen molar-refractivity contribution in [2.75, 3.05) is 0 Å². The van der Waals surface area contributed by atoms with Gasteiger partial charge in [0.2, 0.25) is 0 Å². The van der Waals surface area contributed by atoms with Crippen LogP contribution in [0.1, 0.15) is 110 Å². The van der Waals surface area contributed by atoms with Gasteiger partial charge in [-0.15, -0.1) is 0 Å². The van der Waals surface area contributed by atoms with Gasteiger partial charge >= 0.3 is 59.1 Å². The quantitative estimate of drug-likeness (QED) is 0.134. The zero-order valence-electron chi connectivity index (χ0n) is 19.5. The molecule has 0 bridgehead atoms. The fourth-order valence-corrected chi connectivity index (χ4v) is 3.32. The van der Waals surface area contributed by atoms with Gasteiger partial charge in [0.15, 0.2) is 0 Å². The first-order chi connectivity index (χ1) is 13.2. The first kappa shape index (κ1) is 38.1. The number of hydrogen-bond acceptors (Lipinski definition) is 6. The maximum atomic E-state index is 10.2. The normalized spacial score (nSPS) is 11.3. The van der Waals surface area contributed by atoms with Crippen LogP contribution in [-0.4, -0.2) is 30.2 Å². The van der Waals surface area contributed by atoms with Gasteiger partial charge in [-0.1, -0.05) is 104 Å². The number of unbranched alkanes of at least 4 members (excludes halogenated alkanes) is 13. The van der Waals surface area contributed by atoms with Crippen molar-refractivity contribution in [2.24, 2.45) is 0 Å². The molecular formula is C20H38Na2O7S. The molecule has 1 unspecified atom stereocenters. The van der Waals surface area contributed by atoms with E-state index in [1.807, 2.05) is 0 Å². The zero-order chi connectivity index (χ0) is 21.8. The van der Waals surface area contributed by atoms with Gasteiger partial charge in [0.25, 0.3) is 10.1 Å². The molecule has 0 spiro atoms. The molecule has 0 aliphatic heterocycles.